The molecule has 0 bridgehead atoms. The second-order valence-electron chi connectivity index (χ2n) is 9.66. The largest absolute Gasteiger partial charge is 0.398 e. The molecular formula is C38H46N4. The fourth-order valence-corrected chi connectivity index (χ4v) is 4.15. The Labute approximate surface area is 253 Å². The summed E-state index contributed by atoms with van der Waals surface area (Å²) in [7, 11) is 0. The molecular weight excluding hydrogens is 512 g/mol. The summed E-state index contributed by atoms with van der Waals surface area (Å²) in [5.74, 6) is 0.835. The van der Waals surface area contributed by atoms with Gasteiger partial charge < -0.3 is 11.1 Å². The zero-order valence-corrected chi connectivity index (χ0v) is 25.8. The van der Waals surface area contributed by atoms with Crippen molar-refractivity contribution < 1.29 is 0 Å². The Balaban J connectivity index is 2.50. The number of nitrogens with zero attached hydrogens (tertiary/aromatic N) is 2. The van der Waals surface area contributed by atoms with E-state index in [0.29, 0.717) is 5.69 Å². The van der Waals surface area contributed by atoms with E-state index in [0.717, 1.165) is 64.2 Å². The second kappa shape index (κ2) is 19.4. The molecule has 0 radical (unpaired) electrons. The second-order valence-corrected chi connectivity index (χ2v) is 9.66. The van der Waals surface area contributed by atoms with Gasteiger partial charge in [-0.05, 0) is 100.0 Å². The standard InChI is InChI=1S/C38H46N4/c1-7-11-21-34(42-38(41-26-10-4)32-19-17-15-13-14-16-18-20-32)27-30(5)33-23-24-36(37(39)28-33)35(22-12-8-2)31(6)29-40-25-9-3/h7-13,15-16,18-19,21-29H,2,14,17,20,39H2,1,3-6H3,(H,41,42)/b11-7-,15-13?,18-16?,22-12-,25-9+,26-10+,30-27+,32-19+,34-21+,35-31-,40-29-. The van der Waals surface area contributed by atoms with Gasteiger partial charge in [-0.3, -0.25) is 4.99 Å². The van der Waals surface area contributed by atoms with Crippen molar-refractivity contribution in [3.63, 3.8) is 0 Å². The first-order valence-electron chi connectivity index (χ1n) is 14.5. The van der Waals surface area contributed by atoms with Crippen LogP contribution in [0.15, 0.2) is 149 Å². The van der Waals surface area contributed by atoms with E-state index in [9.17, 15) is 0 Å². The van der Waals surface area contributed by atoms with Crippen LogP contribution in [0, 0.1) is 0 Å². The van der Waals surface area contributed by atoms with E-state index < -0.39 is 0 Å². The zero-order chi connectivity index (χ0) is 30.6. The highest BCUT2D eigenvalue weighted by Gasteiger charge is 2.10. The first-order chi connectivity index (χ1) is 20.4. The molecule has 0 heterocycles. The van der Waals surface area contributed by atoms with Gasteiger partial charge in [0.2, 0.25) is 0 Å². The molecule has 0 spiro atoms. The van der Waals surface area contributed by atoms with Crippen molar-refractivity contribution in [1.82, 2.24) is 5.32 Å². The summed E-state index contributed by atoms with van der Waals surface area (Å²) in [6.07, 6.45) is 36.9. The molecule has 0 saturated carbocycles. The van der Waals surface area contributed by atoms with Crippen LogP contribution in [0.1, 0.15) is 65.0 Å². The predicted octanol–water partition coefficient (Wildman–Crippen LogP) is 10.00. The van der Waals surface area contributed by atoms with Crippen molar-refractivity contribution in [2.24, 2.45) is 9.98 Å². The van der Waals surface area contributed by atoms with Crippen molar-refractivity contribution in [3.8, 4) is 0 Å². The highest BCUT2D eigenvalue weighted by Crippen LogP contribution is 2.29. The molecule has 0 fully saturated rings. The molecule has 0 amide bonds. The lowest BCUT2D eigenvalue weighted by molar-refractivity contribution is 1.12. The summed E-state index contributed by atoms with van der Waals surface area (Å²) in [6.45, 7) is 13.9. The SMILES string of the molecule is C=C\C=C/C(=C(C)/C=N\C=C\C)c1ccc(/C(C)=C/C(=C\C=C/C)NC(=N/C=C/C)/C2=C/CC=CCC=CC2)cc1N. The van der Waals surface area contributed by atoms with Gasteiger partial charge >= 0.3 is 0 Å². The van der Waals surface area contributed by atoms with Gasteiger partial charge in [-0.15, -0.1) is 0 Å². The molecule has 0 unspecified atom stereocenters. The minimum atomic E-state index is 0.695. The van der Waals surface area contributed by atoms with Crippen LogP contribution in [-0.4, -0.2) is 12.1 Å². The lowest BCUT2D eigenvalue weighted by atomic mass is 9.95. The van der Waals surface area contributed by atoms with E-state index in [4.69, 9.17) is 10.7 Å². The molecule has 218 valence electrons. The first-order valence-corrected chi connectivity index (χ1v) is 14.5. The molecule has 0 saturated heterocycles. The number of aliphatic imine (C=N–C) groups is 2. The fraction of sp³-hybridized carbons (Fsp3) is 0.211. The van der Waals surface area contributed by atoms with Crippen LogP contribution in [0.5, 0.6) is 0 Å². The van der Waals surface area contributed by atoms with E-state index in [2.05, 4.69) is 78.5 Å². The van der Waals surface area contributed by atoms with Crippen molar-refractivity contribution in [1.29, 1.82) is 0 Å². The number of anilines is 1. The third kappa shape index (κ3) is 11.4. The van der Waals surface area contributed by atoms with E-state index in [-0.39, 0.29) is 0 Å². The maximum Gasteiger partial charge on any atom is 0.133 e. The lowest BCUT2D eigenvalue weighted by Gasteiger charge is -2.15. The topological polar surface area (TPSA) is 62.8 Å². The Morgan fingerprint density at radius 3 is 2.43 bits per heavy atom. The van der Waals surface area contributed by atoms with Crippen LogP contribution in [0.2, 0.25) is 0 Å². The van der Waals surface area contributed by atoms with Crippen LogP contribution >= 0.6 is 0 Å². The van der Waals surface area contributed by atoms with Gasteiger partial charge in [0.15, 0.2) is 0 Å². The number of nitrogens with one attached hydrogen (secondary N) is 1. The van der Waals surface area contributed by atoms with Gasteiger partial charge in [-0.2, -0.15) is 0 Å². The van der Waals surface area contributed by atoms with Gasteiger partial charge in [-0.1, -0.05) is 91.6 Å². The van der Waals surface area contributed by atoms with Crippen LogP contribution in [-0.2, 0) is 0 Å². The van der Waals surface area contributed by atoms with E-state index in [1.54, 1.807) is 12.3 Å². The summed E-state index contributed by atoms with van der Waals surface area (Å²) in [5, 5.41) is 3.60. The third-order valence-electron chi connectivity index (χ3n) is 6.33. The van der Waals surface area contributed by atoms with Gasteiger partial charge in [0.25, 0.3) is 0 Å². The first kappa shape index (κ1) is 33.5. The summed E-state index contributed by atoms with van der Waals surface area (Å²) in [4.78, 5) is 9.11. The van der Waals surface area contributed by atoms with Crippen LogP contribution in [0.3, 0.4) is 0 Å². The Hall–Kier alpha value is -4.70. The normalized spacial score (nSPS) is 17.6. The van der Waals surface area contributed by atoms with Gasteiger partial charge in [0, 0.05) is 35.6 Å². The monoisotopic (exact) mass is 558 g/mol. The molecule has 1 aliphatic rings. The van der Waals surface area contributed by atoms with Crippen molar-refractivity contribution in [2.45, 2.75) is 53.9 Å². The number of nitrogens with two attached hydrogens (primary N) is 1. The number of amidine groups is 1. The van der Waals surface area contributed by atoms with Crippen molar-refractivity contribution in [3.05, 3.63) is 150 Å². The molecule has 42 heavy (non-hydrogen) atoms. The van der Waals surface area contributed by atoms with E-state index in [1.165, 1.54) is 0 Å². The fourth-order valence-electron chi connectivity index (χ4n) is 4.15. The average molecular weight is 559 g/mol. The van der Waals surface area contributed by atoms with Crippen LogP contribution in [0.25, 0.3) is 11.1 Å². The predicted molar refractivity (Wildman–Crippen MR) is 188 cm³/mol. The molecule has 1 aromatic rings. The maximum absolute atomic E-state index is 6.64. The number of allylic oxidation sites excluding steroid dienone is 17. The number of nitrogen functional groups attached to an aromatic ring is 1. The Bertz CT molecular complexity index is 1430. The molecule has 0 atom stereocenters. The van der Waals surface area contributed by atoms with Gasteiger partial charge in [-0.25, -0.2) is 4.99 Å². The molecule has 1 aliphatic carbocycles. The van der Waals surface area contributed by atoms with E-state index in [1.807, 2.05) is 82.6 Å². The van der Waals surface area contributed by atoms with Crippen LogP contribution in [0.4, 0.5) is 5.69 Å². The van der Waals surface area contributed by atoms with E-state index >= 15 is 0 Å². The smallest absolute Gasteiger partial charge is 0.133 e. The highest BCUT2D eigenvalue weighted by molar-refractivity contribution is 6.00. The molecule has 3 N–H and O–H groups in total. The highest BCUT2D eigenvalue weighted by atomic mass is 15.0. The quantitative estimate of drug-likeness (QED) is 0.0933. The Morgan fingerprint density at radius 2 is 1.71 bits per heavy atom. The molecule has 2 rings (SSSR count). The van der Waals surface area contributed by atoms with Crippen molar-refractivity contribution in [2.75, 3.05) is 5.73 Å². The number of benzene rings is 1. The molecule has 0 aromatic heterocycles. The molecule has 1 aromatic carbocycles. The summed E-state index contributed by atoms with van der Waals surface area (Å²) < 4.78 is 0. The Morgan fingerprint density at radius 1 is 0.952 bits per heavy atom. The van der Waals surface area contributed by atoms with Crippen molar-refractivity contribution >= 4 is 28.9 Å². The number of hydrogen-bond acceptors (Lipinski definition) is 3. The lowest BCUT2D eigenvalue weighted by Crippen LogP contribution is -2.24. The summed E-state index contributed by atoms with van der Waals surface area (Å²) >= 11 is 0. The third-order valence-corrected chi connectivity index (χ3v) is 6.33. The van der Waals surface area contributed by atoms with Gasteiger partial charge in [0.1, 0.15) is 5.84 Å². The summed E-state index contributed by atoms with van der Waals surface area (Å²) in [5.41, 5.74) is 14.5. The summed E-state index contributed by atoms with van der Waals surface area (Å²) in [6, 6.07) is 6.21. The minimum Gasteiger partial charge on any atom is -0.398 e. The Kier molecular flexibility index (Phi) is 15.5. The minimum absolute atomic E-state index is 0.695. The molecule has 4 nitrogen and oxygen atoms in total. The maximum atomic E-state index is 6.64. The molecule has 4 heteroatoms. The van der Waals surface area contributed by atoms with Gasteiger partial charge in [0.05, 0.1) is 0 Å². The van der Waals surface area contributed by atoms with Crippen LogP contribution < -0.4 is 11.1 Å². The zero-order valence-electron chi connectivity index (χ0n) is 25.8. The number of hydrogen-bond donors (Lipinski definition) is 2. The average Bonchev–Trinajstić information content (AvgIpc) is 3.13. The number of rotatable bonds is 11. The molecule has 0 aliphatic heterocycles.